The molecule has 1 saturated heterocycles. The van der Waals surface area contributed by atoms with E-state index in [1.165, 1.54) is 0 Å². The number of nitrogens with zero attached hydrogens (tertiary/aromatic N) is 3. The Balaban J connectivity index is 1.85. The Morgan fingerprint density at radius 1 is 1.29 bits per heavy atom. The molecule has 0 bridgehead atoms. The average Bonchev–Trinajstić information content (AvgIpc) is 3.12. The van der Waals surface area contributed by atoms with E-state index in [4.69, 9.17) is 0 Å². The Morgan fingerprint density at radius 3 is 2.54 bits per heavy atom. The lowest BCUT2D eigenvalue weighted by Gasteiger charge is -2.20. The lowest BCUT2D eigenvalue weighted by Crippen LogP contribution is -2.35. The van der Waals surface area contributed by atoms with Crippen molar-refractivity contribution in [2.75, 3.05) is 13.1 Å². The fraction of sp³-hybridized carbons (Fsp3) is 0.353. The van der Waals surface area contributed by atoms with E-state index in [0.29, 0.717) is 18.5 Å². The van der Waals surface area contributed by atoms with Crippen LogP contribution >= 0.6 is 15.9 Å². The summed E-state index contributed by atoms with van der Waals surface area (Å²) in [6, 6.07) is 7.65. The molecule has 1 aromatic heterocycles. The first-order chi connectivity index (χ1) is 11.3. The van der Waals surface area contributed by atoms with Crippen LogP contribution in [0.1, 0.15) is 29.4 Å². The zero-order chi connectivity index (χ0) is 17.5. The fourth-order valence-corrected chi connectivity index (χ4v) is 3.21. The van der Waals surface area contributed by atoms with E-state index >= 15 is 0 Å². The Kier molecular flexibility index (Phi) is 4.21. The van der Waals surface area contributed by atoms with Crippen LogP contribution < -0.4 is 0 Å². The summed E-state index contributed by atoms with van der Waals surface area (Å²) in [6.07, 6.45) is 2.02. The summed E-state index contributed by atoms with van der Waals surface area (Å²) in [5, 5.41) is 13.6. The number of carboxylic acids is 1. The number of benzene rings is 1. The molecule has 1 N–H and O–H groups in total. The smallest absolute Gasteiger partial charge is 0.311 e. The van der Waals surface area contributed by atoms with Gasteiger partial charge in [0.25, 0.3) is 5.91 Å². The maximum atomic E-state index is 12.7. The highest BCUT2D eigenvalue weighted by atomic mass is 79.9. The van der Waals surface area contributed by atoms with Crippen molar-refractivity contribution in [2.24, 2.45) is 5.41 Å². The molecule has 1 aromatic carbocycles. The van der Waals surface area contributed by atoms with Gasteiger partial charge in [-0.15, -0.1) is 0 Å². The van der Waals surface area contributed by atoms with Crippen molar-refractivity contribution in [3.8, 4) is 5.69 Å². The normalized spacial score (nSPS) is 20.4. The minimum Gasteiger partial charge on any atom is -0.481 e. The molecule has 6 nitrogen and oxygen atoms in total. The van der Waals surface area contributed by atoms with Gasteiger partial charge in [-0.05, 0) is 44.5 Å². The monoisotopic (exact) mass is 391 g/mol. The van der Waals surface area contributed by atoms with Crippen LogP contribution in [0, 0.1) is 12.3 Å². The van der Waals surface area contributed by atoms with Crippen molar-refractivity contribution in [3.05, 3.63) is 46.2 Å². The summed E-state index contributed by atoms with van der Waals surface area (Å²) in [4.78, 5) is 25.7. The van der Waals surface area contributed by atoms with Crippen molar-refractivity contribution in [1.29, 1.82) is 0 Å². The summed E-state index contributed by atoms with van der Waals surface area (Å²) in [5.74, 6) is -1.03. The van der Waals surface area contributed by atoms with Crippen molar-refractivity contribution in [1.82, 2.24) is 14.7 Å². The standard InChI is InChI=1S/C17H18BrN3O3/c1-11-14(9-19-21(11)13-5-3-12(18)4-6-13)15(22)20-8-7-17(2,10-20)16(23)24/h3-6,9H,7-8,10H2,1-2H3,(H,23,24). The number of amides is 1. The highest BCUT2D eigenvalue weighted by Gasteiger charge is 2.42. The average molecular weight is 392 g/mol. The number of aromatic nitrogens is 2. The molecule has 1 aliphatic heterocycles. The number of carbonyl (C=O) groups excluding carboxylic acids is 1. The summed E-state index contributed by atoms with van der Waals surface area (Å²) >= 11 is 3.39. The lowest BCUT2D eigenvalue weighted by atomic mass is 9.90. The molecule has 3 rings (SSSR count). The zero-order valence-electron chi connectivity index (χ0n) is 13.5. The Hall–Kier alpha value is -2.15. The van der Waals surface area contributed by atoms with E-state index in [0.717, 1.165) is 15.9 Å². The first-order valence-electron chi connectivity index (χ1n) is 7.65. The van der Waals surface area contributed by atoms with Crippen LogP contribution in [-0.4, -0.2) is 44.8 Å². The molecular formula is C17H18BrN3O3. The molecule has 126 valence electrons. The van der Waals surface area contributed by atoms with E-state index < -0.39 is 11.4 Å². The molecule has 0 radical (unpaired) electrons. The molecule has 2 aromatic rings. The number of hydrogen-bond acceptors (Lipinski definition) is 3. The summed E-state index contributed by atoms with van der Waals surface area (Å²) in [5.41, 5.74) is 1.25. The summed E-state index contributed by atoms with van der Waals surface area (Å²) in [6.45, 7) is 4.20. The summed E-state index contributed by atoms with van der Waals surface area (Å²) in [7, 11) is 0. The van der Waals surface area contributed by atoms with Crippen LogP contribution in [0.5, 0.6) is 0 Å². The highest BCUT2D eigenvalue weighted by Crippen LogP contribution is 2.31. The van der Waals surface area contributed by atoms with Gasteiger partial charge in [0, 0.05) is 17.6 Å². The van der Waals surface area contributed by atoms with Crippen LogP contribution in [-0.2, 0) is 4.79 Å². The number of carboxylic acid groups (broad SMARTS) is 1. The van der Waals surface area contributed by atoms with Gasteiger partial charge < -0.3 is 10.0 Å². The molecule has 1 aliphatic rings. The maximum Gasteiger partial charge on any atom is 0.311 e. The number of likely N-dealkylation sites (tertiary alicyclic amines) is 1. The molecule has 1 atom stereocenters. The van der Waals surface area contributed by atoms with Crippen molar-refractivity contribution in [3.63, 3.8) is 0 Å². The number of rotatable bonds is 3. The van der Waals surface area contributed by atoms with E-state index in [1.807, 2.05) is 31.2 Å². The van der Waals surface area contributed by atoms with Crippen molar-refractivity contribution < 1.29 is 14.7 Å². The third-order valence-electron chi connectivity index (χ3n) is 4.59. The van der Waals surface area contributed by atoms with Gasteiger partial charge in [-0.1, -0.05) is 15.9 Å². The quantitative estimate of drug-likeness (QED) is 0.872. The molecule has 0 saturated carbocycles. The minimum atomic E-state index is -0.870. The molecule has 0 aliphatic carbocycles. The Bertz CT molecular complexity index is 800. The van der Waals surface area contributed by atoms with Gasteiger partial charge in [0.15, 0.2) is 0 Å². The fourth-order valence-electron chi connectivity index (χ4n) is 2.94. The zero-order valence-corrected chi connectivity index (χ0v) is 15.1. The SMILES string of the molecule is Cc1c(C(=O)N2CCC(C)(C(=O)O)C2)cnn1-c1ccc(Br)cc1. The molecule has 2 heterocycles. The van der Waals surface area contributed by atoms with E-state index in [2.05, 4.69) is 21.0 Å². The topological polar surface area (TPSA) is 75.4 Å². The van der Waals surface area contributed by atoms with Gasteiger partial charge in [-0.3, -0.25) is 9.59 Å². The highest BCUT2D eigenvalue weighted by molar-refractivity contribution is 9.10. The van der Waals surface area contributed by atoms with E-state index in [-0.39, 0.29) is 12.5 Å². The van der Waals surface area contributed by atoms with E-state index in [1.54, 1.807) is 22.7 Å². The first-order valence-corrected chi connectivity index (χ1v) is 8.44. The summed E-state index contributed by atoms with van der Waals surface area (Å²) < 4.78 is 2.68. The number of halogens is 1. The van der Waals surface area contributed by atoms with Crippen LogP contribution in [0.2, 0.25) is 0 Å². The number of hydrogen-bond donors (Lipinski definition) is 1. The van der Waals surface area contributed by atoms with Gasteiger partial charge >= 0.3 is 5.97 Å². The van der Waals surface area contributed by atoms with Crippen LogP contribution in [0.3, 0.4) is 0 Å². The van der Waals surface area contributed by atoms with Crippen LogP contribution in [0.25, 0.3) is 5.69 Å². The molecule has 7 heteroatoms. The first kappa shape index (κ1) is 16.7. The van der Waals surface area contributed by atoms with Gasteiger partial charge in [0.1, 0.15) is 0 Å². The predicted octanol–water partition coefficient (Wildman–Crippen LogP) is 2.88. The second kappa shape index (κ2) is 6.05. The van der Waals surface area contributed by atoms with Gasteiger partial charge in [0.05, 0.1) is 28.6 Å². The van der Waals surface area contributed by atoms with Crippen molar-refractivity contribution >= 4 is 27.8 Å². The largest absolute Gasteiger partial charge is 0.481 e. The van der Waals surface area contributed by atoms with Gasteiger partial charge in [-0.2, -0.15) is 5.10 Å². The molecule has 0 spiro atoms. The second-order valence-electron chi connectivity index (χ2n) is 6.37. The third kappa shape index (κ3) is 2.84. The molecule has 24 heavy (non-hydrogen) atoms. The lowest BCUT2D eigenvalue weighted by molar-refractivity contribution is -0.147. The van der Waals surface area contributed by atoms with Crippen LogP contribution in [0.15, 0.2) is 34.9 Å². The Labute approximate surface area is 148 Å². The number of aliphatic carboxylic acids is 1. The van der Waals surface area contributed by atoms with E-state index in [9.17, 15) is 14.7 Å². The minimum absolute atomic E-state index is 0.166. The predicted molar refractivity (Wildman–Crippen MR) is 92.3 cm³/mol. The second-order valence-corrected chi connectivity index (χ2v) is 7.29. The molecule has 1 unspecified atom stereocenters. The van der Waals surface area contributed by atoms with Crippen LogP contribution in [0.4, 0.5) is 0 Å². The maximum absolute atomic E-state index is 12.7. The Morgan fingerprint density at radius 2 is 1.96 bits per heavy atom. The number of carbonyl (C=O) groups is 2. The molecule has 1 amide bonds. The molecule has 1 fully saturated rings. The van der Waals surface area contributed by atoms with Gasteiger partial charge in [-0.25, -0.2) is 4.68 Å². The van der Waals surface area contributed by atoms with Crippen molar-refractivity contribution in [2.45, 2.75) is 20.3 Å². The molecular weight excluding hydrogens is 374 g/mol. The third-order valence-corrected chi connectivity index (χ3v) is 5.12. The van der Waals surface area contributed by atoms with Gasteiger partial charge in [0.2, 0.25) is 0 Å².